The summed E-state index contributed by atoms with van der Waals surface area (Å²) >= 11 is 1.72. The van der Waals surface area contributed by atoms with Gasteiger partial charge < -0.3 is 4.42 Å². The SMILES string of the molecule is C=Cc1c(/C=C/S/C(C)=C/CC(C)C)oc2ccnc(-c3cc(C(C)(C)C)c4ccccc4c3)c12. The first-order chi connectivity index (χ1) is 16.7. The lowest BCUT2D eigenvalue weighted by Crippen LogP contribution is -2.12. The Balaban J connectivity index is 1.82. The van der Waals surface area contributed by atoms with E-state index in [0.717, 1.165) is 40.0 Å². The highest BCUT2D eigenvalue weighted by atomic mass is 32.2. The molecular formula is C32H35NOS. The van der Waals surface area contributed by atoms with Gasteiger partial charge in [0.25, 0.3) is 0 Å². The van der Waals surface area contributed by atoms with Crippen molar-refractivity contribution in [3.8, 4) is 11.3 Å². The molecule has 2 nitrogen and oxygen atoms in total. The number of pyridine rings is 1. The number of rotatable bonds is 7. The fraction of sp³-hybridized carbons (Fsp3) is 0.281. The average molecular weight is 482 g/mol. The summed E-state index contributed by atoms with van der Waals surface area (Å²) in [5.74, 6) is 1.47. The van der Waals surface area contributed by atoms with Gasteiger partial charge in [0.1, 0.15) is 11.3 Å². The number of hydrogen-bond donors (Lipinski definition) is 0. The second-order valence-electron chi connectivity index (χ2n) is 10.5. The van der Waals surface area contributed by atoms with E-state index in [9.17, 15) is 0 Å². The van der Waals surface area contributed by atoms with Crippen LogP contribution in [0.4, 0.5) is 0 Å². The minimum absolute atomic E-state index is 0.00718. The van der Waals surface area contributed by atoms with Gasteiger partial charge in [-0.05, 0) is 75.6 Å². The third-order valence-corrected chi connectivity index (χ3v) is 6.98. The van der Waals surface area contributed by atoms with Crippen molar-refractivity contribution in [2.45, 2.75) is 53.4 Å². The summed E-state index contributed by atoms with van der Waals surface area (Å²) < 4.78 is 6.29. The van der Waals surface area contributed by atoms with Gasteiger partial charge in [-0.3, -0.25) is 4.98 Å². The van der Waals surface area contributed by atoms with Gasteiger partial charge in [-0.15, -0.1) is 11.8 Å². The molecule has 2 heterocycles. The smallest absolute Gasteiger partial charge is 0.139 e. The summed E-state index contributed by atoms with van der Waals surface area (Å²) in [7, 11) is 0. The van der Waals surface area contributed by atoms with Crippen LogP contribution in [-0.2, 0) is 5.41 Å². The summed E-state index contributed by atoms with van der Waals surface area (Å²) in [5, 5.41) is 5.61. The van der Waals surface area contributed by atoms with Crippen LogP contribution in [0.1, 0.15) is 64.9 Å². The summed E-state index contributed by atoms with van der Waals surface area (Å²) in [6, 6.07) is 15.1. The standard InChI is InChI=1S/C32H35NOS/c1-8-25-28(16-18-35-22(4)14-13-21(2)3)34-29-15-17-33-31(30(25)29)24-19-23-11-9-10-12-26(23)27(20-24)32(5,6)7/h8-12,14-21H,1,13H2,2-7H3/b18-16+,22-14+. The van der Waals surface area contributed by atoms with Crippen molar-refractivity contribution < 1.29 is 4.42 Å². The maximum atomic E-state index is 6.29. The van der Waals surface area contributed by atoms with Gasteiger partial charge in [-0.1, -0.05) is 77.6 Å². The summed E-state index contributed by atoms with van der Waals surface area (Å²) in [4.78, 5) is 6.12. The van der Waals surface area contributed by atoms with Crippen LogP contribution in [-0.4, -0.2) is 4.98 Å². The van der Waals surface area contributed by atoms with Crippen LogP contribution in [0.25, 0.3) is 45.2 Å². The molecule has 0 aliphatic rings. The number of nitrogens with zero attached hydrogens (tertiary/aromatic N) is 1. The monoisotopic (exact) mass is 481 g/mol. The molecule has 180 valence electrons. The first kappa shape index (κ1) is 25.1. The Morgan fingerprint density at radius 2 is 1.91 bits per heavy atom. The van der Waals surface area contributed by atoms with Gasteiger partial charge >= 0.3 is 0 Å². The first-order valence-corrected chi connectivity index (χ1v) is 13.1. The molecule has 0 unspecified atom stereocenters. The molecule has 0 aliphatic heterocycles. The molecule has 0 fully saturated rings. The molecule has 0 radical (unpaired) electrons. The van der Waals surface area contributed by atoms with Crippen LogP contribution in [0.5, 0.6) is 0 Å². The average Bonchev–Trinajstić information content (AvgIpc) is 3.18. The molecule has 0 atom stereocenters. The zero-order valence-electron chi connectivity index (χ0n) is 21.7. The highest BCUT2D eigenvalue weighted by Crippen LogP contribution is 2.39. The molecule has 3 heteroatoms. The molecule has 0 bridgehead atoms. The second-order valence-corrected chi connectivity index (χ2v) is 11.6. The van der Waals surface area contributed by atoms with E-state index in [1.807, 2.05) is 24.4 Å². The summed E-state index contributed by atoms with van der Waals surface area (Å²) in [6.07, 6.45) is 9.14. The highest BCUT2D eigenvalue weighted by Gasteiger charge is 2.21. The van der Waals surface area contributed by atoms with E-state index in [0.29, 0.717) is 5.92 Å². The van der Waals surface area contributed by atoms with Crippen molar-refractivity contribution in [1.82, 2.24) is 4.98 Å². The molecule has 2 aromatic heterocycles. The van der Waals surface area contributed by atoms with E-state index >= 15 is 0 Å². The quantitative estimate of drug-likeness (QED) is 0.262. The van der Waals surface area contributed by atoms with Gasteiger partial charge in [-0.2, -0.15) is 0 Å². The van der Waals surface area contributed by atoms with Gasteiger partial charge in [-0.25, -0.2) is 0 Å². The third kappa shape index (κ3) is 5.46. The molecule has 35 heavy (non-hydrogen) atoms. The van der Waals surface area contributed by atoms with Crippen LogP contribution >= 0.6 is 11.8 Å². The number of fused-ring (bicyclic) bond motifs is 2. The highest BCUT2D eigenvalue weighted by molar-refractivity contribution is 8.05. The van der Waals surface area contributed by atoms with Crippen LogP contribution in [0, 0.1) is 5.92 Å². The van der Waals surface area contributed by atoms with Crippen molar-refractivity contribution in [1.29, 1.82) is 0 Å². The molecule has 0 amide bonds. The van der Waals surface area contributed by atoms with Gasteiger partial charge in [0, 0.05) is 17.3 Å². The van der Waals surface area contributed by atoms with E-state index < -0.39 is 0 Å². The molecule has 0 saturated carbocycles. The Morgan fingerprint density at radius 1 is 1.14 bits per heavy atom. The van der Waals surface area contributed by atoms with E-state index in [2.05, 4.69) is 96.0 Å². The Morgan fingerprint density at radius 3 is 2.63 bits per heavy atom. The largest absolute Gasteiger partial charge is 0.456 e. The lowest BCUT2D eigenvalue weighted by molar-refractivity contribution is 0.596. The topological polar surface area (TPSA) is 26.0 Å². The zero-order valence-corrected chi connectivity index (χ0v) is 22.5. The van der Waals surface area contributed by atoms with Crippen molar-refractivity contribution in [3.63, 3.8) is 0 Å². The summed E-state index contributed by atoms with van der Waals surface area (Å²) in [6.45, 7) is 17.5. The van der Waals surface area contributed by atoms with Crippen LogP contribution in [0.3, 0.4) is 0 Å². The Labute approximate surface area is 213 Å². The van der Waals surface area contributed by atoms with Crippen LogP contribution in [0.15, 0.2) is 76.0 Å². The maximum absolute atomic E-state index is 6.29. The van der Waals surface area contributed by atoms with Gasteiger partial charge in [0.05, 0.1) is 11.1 Å². The Bertz CT molecular complexity index is 1430. The fourth-order valence-corrected chi connectivity index (χ4v) is 4.95. The second kappa shape index (κ2) is 10.3. The normalized spacial score (nSPS) is 12.9. The summed E-state index contributed by atoms with van der Waals surface area (Å²) in [5.41, 5.74) is 5.15. The number of benzene rings is 2. The molecular weight excluding hydrogens is 446 g/mol. The molecule has 0 saturated heterocycles. The molecule has 2 aromatic carbocycles. The van der Waals surface area contributed by atoms with Crippen molar-refractivity contribution in [3.05, 3.63) is 88.5 Å². The number of hydrogen-bond acceptors (Lipinski definition) is 3. The third-order valence-electron chi connectivity index (χ3n) is 6.16. The molecule has 0 spiro atoms. The van der Waals surface area contributed by atoms with Crippen LogP contribution in [0.2, 0.25) is 0 Å². The lowest BCUT2D eigenvalue weighted by atomic mass is 9.82. The molecule has 0 N–H and O–H groups in total. The lowest BCUT2D eigenvalue weighted by Gasteiger charge is -2.22. The van der Waals surface area contributed by atoms with Gasteiger partial charge in [0.2, 0.25) is 0 Å². The van der Waals surface area contributed by atoms with E-state index in [1.54, 1.807) is 11.8 Å². The van der Waals surface area contributed by atoms with E-state index in [1.165, 1.54) is 21.2 Å². The fourth-order valence-electron chi connectivity index (χ4n) is 4.35. The van der Waals surface area contributed by atoms with E-state index in [-0.39, 0.29) is 5.41 Å². The minimum Gasteiger partial charge on any atom is -0.456 e. The predicted molar refractivity (Wildman–Crippen MR) is 156 cm³/mol. The van der Waals surface area contributed by atoms with E-state index in [4.69, 9.17) is 9.40 Å². The Hall–Kier alpha value is -3.04. The predicted octanol–water partition coefficient (Wildman–Crippen LogP) is 10.2. The van der Waals surface area contributed by atoms with Gasteiger partial charge in [0.15, 0.2) is 0 Å². The van der Waals surface area contributed by atoms with Crippen molar-refractivity contribution in [2.75, 3.05) is 0 Å². The molecule has 4 aromatic rings. The minimum atomic E-state index is 0.00718. The first-order valence-electron chi connectivity index (χ1n) is 12.3. The molecule has 4 rings (SSSR count). The van der Waals surface area contributed by atoms with Crippen molar-refractivity contribution in [2.24, 2.45) is 5.92 Å². The number of allylic oxidation sites excluding steroid dienone is 2. The Kier molecular flexibility index (Phi) is 7.37. The maximum Gasteiger partial charge on any atom is 0.139 e. The number of thioether (sulfide) groups is 1. The number of aromatic nitrogens is 1. The molecule has 0 aliphatic carbocycles. The van der Waals surface area contributed by atoms with Crippen LogP contribution < -0.4 is 0 Å². The zero-order chi connectivity index (χ0) is 25.2. The van der Waals surface area contributed by atoms with Crippen molar-refractivity contribution >= 4 is 45.7 Å². The number of furan rings is 1.